The van der Waals surface area contributed by atoms with Crippen LogP contribution in [0.1, 0.15) is 41.6 Å². The van der Waals surface area contributed by atoms with E-state index in [0.717, 1.165) is 27.9 Å². The molecule has 2 aromatic carbocycles. The zero-order valence-corrected chi connectivity index (χ0v) is 11.2. The van der Waals surface area contributed by atoms with Crippen molar-refractivity contribution in [2.75, 3.05) is 0 Å². The fourth-order valence-corrected chi connectivity index (χ4v) is 2.80. The Labute approximate surface area is 118 Å². The zero-order valence-electron chi connectivity index (χ0n) is 11.2. The van der Waals surface area contributed by atoms with Gasteiger partial charge < -0.3 is 10.1 Å². The van der Waals surface area contributed by atoms with Crippen LogP contribution in [-0.4, -0.2) is 10.1 Å². The monoisotopic (exact) mass is 263 g/mol. The zero-order chi connectivity index (χ0) is 13.5. The van der Waals surface area contributed by atoms with Gasteiger partial charge in [-0.1, -0.05) is 30.3 Å². The van der Waals surface area contributed by atoms with Gasteiger partial charge in [0.2, 0.25) is 0 Å². The van der Waals surface area contributed by atoms with E-state index < -0.39 is 6.10 Å². The maximum Gasteiger partial charge on any atom is 0.104 e. The summed E-state index contributed by atoms with van der Waals surface area (Å²) in [6, 6.07) is 16.5. The third-order valence-electron chi connectivity index (χ3n) is 4.19. The lowest BCUT2D eigenvalue weighted by Crippen LogP contribution is -1.99. The van der Waals surface area contributed by atoms with Crippen LogP contribution >= 0.6 is 0 Å². The maximum absolute atomic E-state index is 10.5. The summed E-state index contributed by atoms with van der Waals surface area (Å²) in [6.07, 6.45) is 3.99. The van der Waals surface area contributed by atoms with E-state index in [1.54, 1.807) is 0 Å². The molecular weight excluding hydrogens is 246 g/mol. The van der Waals surface area contributed by atoms with E-state index in [0.29, 0.717) is 0 Å². The van der Waals surface area contributed by atoms with Crippen molar-refractivity contribution in [3.8, 4) is 0 Å². The number of aliphatic hydroxyl groups excluding tert-OH is 1. The van der Waals surface area contributed by atoms with E-state index in [1.165, 1.54) is 18.4 Å². The number of benzene rings is 2. The van der Waals surface area contributed by atoms with Crippen molar-refractivity contribution in [3.05, 3.63) is 71.4 Å². The van der Waals surface area contributed by atoms with Gasteiger partial charge in [-0.05, 0) is 59.0 Å². The standard InChI is InChI=1S/C18H17NO/c20-18(14-5-3-13(4-6-14)12-1-2-12)16-7-8-17-15(11-16)9-10-19-17/h3-12,18-20H,1-2H2. The molecule has 0 radical (unpaired) electrons. The normalized spacial score (nSPS) is 16.4. The first-order valence-electron chi connectivity index (χ1n) is 7.16. The van der Waals surface area contributed by atoms with Crippen molar-refractivity contribution in [2.24, 2.45) is 0 Å². The lowest BCUT2D eigenvalue weighted by molar-refractivity contribution is 0.220. The van der Waals surface area contributed by atoms with Gasteiger partial charge in [0.25, 0.3) is 0 Å². The Bertz CT molecular complexity index is 737. The van der Waals surface area contributed by atoms with Crippen molar-refractivity contribution in [1.82, 2.24) is 4.98 Å². The number of aromatic amines is 1. The second-order valence-electron chi connectivity index (χ2n) is 5.67. The Morgan fingerprint density at radius 3 is 2.45 bits per heavy atom. The summed E-state index contributed by atoms with van der Waals surface area (Å²) in [5.41, 5.74) is 4.41. The molecule has 1 unspecified atom stereocenters. The molecule has 1 saturated carbocycles. The van der Waals surface area contributed by atoms with Crippen LogP contribution < -0.4 is 0 Å². The summed E-state index contributed by atoms with van der Waals surface area (Å²) in [7, 11) is 0. The molecule has 4 rings (SSSR count). The van der Waals surface area contributed by atoms with Gasteiger partial charge in [0.05, 0.1) is 0 Å². The second kappa shape index (κ2) is 4.50. The van der Waals surface area contributed by atoms with Crippen molar-refractivity contribution in [1.29, 1.82) is 0 Å². The van der Waals surface area contributed by atoms with Crippen LogP contribution in [0.3, 0.4) is 0 Å². The van der Waals surface area contributed by atoms with Gasteiger partial charge in [-0.2, -0.15) is 0 Å². The largest absolute Gasteiger partial charge is 0.384 e. The highest BCUT2D eigenvalue weighted by atomic mass is 16.3. The first kappa shape index (κ1) is 11.7. The molecule has 0 amide bonds. The van der Waals surface area contributed by atoms with Gasteiger partial charge in [0, 0.05) is 11.7 Å². The number of fused-ring (bicyclic) bond motifs is 1. The molecular formula is C18H17NO. The van der Waals surface area contributed by atoms with Crippen LogP contribution in [-0.2, 0) is 0 Å². The molecule has 1 atom stereocenters. The smallest absolute Gasteiger partial charge is 0.104 e. The number of hydrogen-bond donors (Lipinski definition) is 2. The van der Waals surface area contributed by atoms with E-state index in [2.05, 4.69) is 29.2 Å². The highest BCUT2D eigenvalue weighted by Gasteiger charge is 2.23. The molecule has 1 heterocycles. The minimum Gasteiger partial charge on any atom is -0.384 e. The summed E-state index contributed by atoms with van der Waals surface area (Å²) >= 11 is 0. The highest BCUT2D eigenvalue weighted by molar-refractivity contribution is 5.80. The van der Waals surface area contributed by atoms with Crippen molar-refractivity contribution in [3.63, 3.8) is 0 Å². The highest BCUT2D eigenvalue weighted by Crippen LogP contribution is 2.40. The third-order valence-corrected chi connectivity index (χ3v) is 4.19. The molecule has 0 aliphatic heterocycles. The Balaban J connectivity index is 1.65. The molecule has 100 valence electrons. The van der Waals surface area contributed by atoms with Crippen LogP contribution in [0.2, 0.25) is 0 Å². The van der Waals surface area contributed by atoms with Gasteiger partial charge in [0.15, 0.2) is 0 Å². The summed E-state index contributed by atoms with van der Waals surface area (Å²) in [5.74, 6) is 0.761. The number of aromatic nitrogens is 1. The number of nitrogens with one attached hydrogen (secondary N) is 1. The van der Waals surface area contributed by atoms with Crippen molar-refractivity contribution in [2.45, 2.75) is 24.9 Å². The summed E-state index contributed by atoms with van der Waals surface area (Å²) in [4.78, 5) is 3.17. The van der Waals surface area contributed by atoms with Crippen LogP contribution in [0.4, 0.5) is 0 Å². The topological polar surface area (TPSA) is 36.0 Å². The fraction of sp³-hybridized carbons (Fsp3) is 0.222. The molecule has 1 aromatic heterocycles. The van der Waals surface area contributed by atoms with E-state index in [-0.39, 0.29) is 0 Å². The van der Waals surface area contributed by atoms with E-state index in [4.69, 9.17) is 0 Å². The molecule has 2 heteroatoms. The Morgan fingerprint density at radius 1 is 0.950 bits per heavy atom. The molecule has 1 aliphatic rings. The summed E-state index contributed by atoms with van der Waals surface area (Å²) < 4.78 is 0. The first-order valence-corrected chi connectivity index (χ1v) is 7.16. The molecule has 0 saturated heterocycles. The van der Waals surface area contributed by atoms with Gasteiger partial charge >= 0.3 is 0 Å². The van der Waals surface area contributed by atoms with Gasteiger partial charge in [-0.25, -0.2) is 0 Å². The van der Waals surface area contributed by atoms with Gasteiger partial charge in [-0.15, -0.1) is 0 Å². The molecule has 1 fully saturated rings. The average Bonchev–Trinajstić information content (AvgIpc) is 3.24. The lowest BCUT2D eigenvalue weighted by Gasteiger charge is -2.12. The maximum atomic E-state index is 10.5. The third kappa shape index (κ3) is 2.02. The minimum atomic E-state index is -0.553. The molecule has 2 N–H and O–H groups in total. The quantitative estimate of drug-likeness (QED) is 0.732. The predicted molar refractivity (Wildman–Crippen MR) is 80.8 cm³/mol. The molecule has 2 nitrogen and oxygen atoms in total. The lowest BCUT2D eigenvalue weighted by atomic mass is 9.98. The molecule has 1 aliphatic carbocycles. The van der Waals surface area contributed by atoms with E-state index >= 15 is 0 Å². The second-order valence-corrected chi connectivity index (χ2v) is 5.67. The summed E-state index contributed by atoms with van der Waals surface area (Å²) in [5, 5.41) is 11.7. The fourth-order valence-electron chi connectivity index (χ4n) is 2.80. The van der Waals surface area contributed by atoms with Crippen molar-refractivity contribution < 1.29 is 5.11 Å². The molecule has 20 heavy (non-hydrogen) atoms. The number of H-pyrrole nitrogens is 1. The number of hydrogen-bond acceptors (Lipinski definition) is 1. The summed E-state index contributed by atoms with van der Waals surface area (Å²) in [6.45, 7) is 0. The number of rotatable bonds is 3. The van der Waals surface area contributed by atoms with Crippen molar-refractivity contribution >= 4 is 10.9 Å². The van der Waals surface area contributed by atoms with Crippen LogP contribution in [0.25, 0.3) is 10.9 Å². The minimum absolute atomic E-state index is 0.553. The molecule has 3 aromatic rings. The first-order chi connectivity index (χ1) is 9.81. The Kier molecular flexibility index (Phi) is 2.64. The number of aliphatic hydroxyl groups is 1. The molecule has 0 spiro atoms. The SMILES string of the molecule is OC(c1ccc(C2CC2)cc1)c1ccc2[nH]ccc2c1. The predicted octanol–water partition coefficient (Wildman–Crippen LogP) is 4.13. The molecule has 0 bridgehead atoms. The van der Waals surface area contributed by atoms with Gasteiger partial charge in [0.1, 0.15) is 6.10 Å². The van der Waals surface area contributed by atoms with Crippen LogP contribution in [0, 0.1) is 0 Å². The van der Waals surface area contributed by atoms with Gasteiger partial charge in [-0.3, -0.25) is 0 Å². The van der Waals surface area contributed by atoms with E-state index in [9.17, 15) is 5.11 Å². The Hall–Kier alpha value is -2.06. The van der Waals surface area contributed by atoms with Crippen LogP contribution in [0.15, 0.2) is 54.7 Å². The average molecular weight is 263 g/mol. The Morgan fingerprint density at radius 2 is 1.70 bits per heavy atom. The van der Waals surface area contributed by atoms with E-state index in [1.807, 2.05) is 30.5 Å². The van der Waals surface area contributed by atoms with Crippen LogP contribution in [0.5, 0.6) is 0 Å².